The van der Waals surface area contributed by atoms with Crippen LogP contribution in [0.3, 0.4) is 0 Å². The second kappa shape index (κ2) is 3.48. The third-order valence-corrected chi connectivity index (χ3v) is 8.32. The minimum absolute atomic E-state index is 1.52. The summed E-state index contributed by atoms with van der Waals surface area (Å²) in [6.45, 7) is 4.23. The Kier molecular flexibility index (Phi) is 3.60. The summed E-state index contributed by atoms with van der Waals surface area (Å²) in [5.41, 5.74) is 3.27. The van der Waals surface area contributed by atoms with Crippen molar-refractivity contribution < 1.29 is 0 Å². The van der Waals surface area contributed by atoms with Crippen molar-refractivity contribution in [3.63, 3.8) is 0 Å². The molecule has 0 aromatic carbocycles. The molecule has 0 aliphatic heterocycles. The molecule has 0 heterocycles. The molecule has 0 radical (unpaired) electrons. The first-order valence-electron chi connectivity index (χ1n) is 3.37. The van der Waals surface area contributed by atoms with Crippen LogP contribution in [0.25, 0.3) is 0 Å². The average molecular weight is 231 g/mol. The van der Waals surface area contributed by atoms with Crippen molar-refractivity contribution in [3.8, 4) is 0 Å². The summed E-state index contributed by atoms with van der Waals surface area (Å²) in [5, 5.41) is 0. The predicted octanol–water partition coefficient (Wildman–Crippen LogP) is 2.99. The van der Waals surface area contributed by atoms with Gasteiger partial charge in [-0.2, -0.15) is 0 Å². The quantitative estimate of drug-likeness (QED) is 0.480. The van der Waals surface area contributed by atoms with Crippen LogP contribution in [-0.4, -0.2) is 18.4 Å². The van der Waals surface area contributed by atoms with Gasteiger partial charge in [-0.25, -0.2) is 0 Å². The van der Waals surface area contributed by atoms with Gasteiger partial charge in [0.25, 0.3) is 0 Å². The molecular weight excluding hydrogens is 215 g/mol. The van der Waals surface area contributed by atoms with E-state index in [4.69, 9.17) is 0 Å². The Bertz CT molecular complexity index is 142. The fourth-order valence-corrected chi connectivity index (χ4v) is 2.08. The second-order valence-electron chi connectivity index (χ2n) is 3.31. The normalized spacial score (nSPS) is 10.3. The molecule has 0 aliphatic rings. The molecule has 9 heavy (non-hydrogen) atoms. The van der Waals surface area contributed by atoms with E-state index in [-0.39, 0.29) is 0 Å². The monoisotopic (exact) mass is 232 g/mol. The molecule has 0 amide bonds. The summed E-state index contributed by atoms with van der Waals surface area (Å²) in [6.07, 6.45) is 2.01. The molecule has 0 rings (SSSR count). The van der Waals surface area contributed by atoms with E-state index < -0.39 is 18.4 Å². The van der Waals surface area contributed by atoms with Crippen LogP contribution in [0.15, 0.2) is 15.4 Å². The molecule has 0 unspecified atom stereocenters. The maximum absolute atomic E-state index is 3.27. The summed E-state index contributed by atoms with van der Waals surface area (Å²) in [7, 11) is 0. The molecule has 1 heteroatoms. The zero-order chi connectivity index (χ0) is 7.49. The zero-order valence-corrected chi connectivity index (χ0v) is 9.93. The van der Waals surface area contributed by atoms with E-state index in [1.165, 1.54) is 3.59 Å². The molecule has 0 aromatic heterocycles. The molecular formula is C8H16Sn. The van der Waals surface area contributed by atoms with Crippen molar-refractivity contribution in [3.05, 3.63) is 15.4 Å². The van der Waals surface area contributed by atoms with E-state index in [1.54, 1.807) is 0 Å². The molecule has 0 fully saturated rings. The third-order valence-electron chi connectivity index (χ3n) is 1.49. The van der Waals surface area contributed by atoms with Crippen LogP contribution in [0.1, 0.15) is 13.8 Å². The van der Waals surface area contributed by atoms with Gasteiger partial charge in [0.1, 0.15) is 0 Å². The van der Waals surface area contributed by atoms with E-state index in [0.717, 1.165) is 0 Å². The van der Waals surface area contributed by atoms with Crippen molar-refractivity contribution in [1.29, 1.82) is 0 Å². The van der Waals surface area contributed by atoms with E-state index in [1.807, 2.05) is 13.0 Å². The van der Waals surface area contributed by atoms with Gasteiger partial charge in [0, 0.05) is 0 Å². The van der Waals surface area contributed by atoms with E-state index in [0.29, 0.717) is 0 Å². The van der Waals surface area contributed by atoms with Crippen LogP contribution >= 0.6 is 0 Å². The predicted molar refractivity (Wildman–Crippen MR) is 46.3 cm³/mol. The molecule has 0 bridgehead atoms. The van der Waals surface area contributed by atoms with E-state index in [9.17, 15) is 0 Å². The number of hydrogen-bond donors (Lipinski definition) is 0. The van der Waals surface area contributed by atoms with Gasteiger partial charge < -0.3 is 0 Å². The summed E-state index contributed by atoms with van der Waals surface area (Å²) in [5.74, 6) is 0. The van der Waals surface area contributed by atoms with Crippen LogP contribution in [0, 0.1) is 0 Å². The SMILES string of the molecule is CC=C=[C](C)[Sn]([CH3])([CH3])[CH3]. The fraction of sp³-hybridized carbons (Fsp3) is 0.625. The van der Waals surface area contributed by atoms with Gasteiger partial charge >= 0.3 is 62.4 Å². The molecule has 0 N–H and O–H groups in total. The van der Waals surface area contributed by atoms with Crippen molar-refractivity contribution in [2.45, 2.75) is 28.7 Å². The van der Waals surface area contributed by atoms with Crippen molar-refractivity contribution >= 4 is 18.4 Å². The Morgan fingerprint density at radius 3 is 1.89 bits per heavy atom. The molecule has 0 atom stereocenters. The molecule has 0 saturated heterocycles. The average Bonchev–Trinajstić information content (AvgIpc) is 1.64. The molecule has 52 valence electrons. The third kappa shape index (κ3) is 3.82. The summed E-state index contributed by atoms with van der Waals surface area (Å²) in [6, 6.07) is 0. The first-order chi connectivity index (χ1) is 3.98. The van der Waals surface area contributed by atoms with Gasteiger partial charge in [0.15, 0.2) is 0 Å². The Morgan fingerprint density at radius 2 is 1.78 bits per heavy atom. The first kappa shape index (κ1) is 9.32. The molecule has 0 nitrogen and oxygen atoms in total. The summed E-state index contributed by atoms with van der Waals surface area (Å²) >= 11 is -1.67. The topological polar surface area (TPSA) is 0 Å². The van der Waals surface area contributed by atoms with Gasteiger partial charge in [-0.3, -0.25) is 0 Å². The van der Waals surface area contributed by atoms with Crippen molar-refractivity contribution in [2.75, 3.05) is 0 Å². The van der Waals surface area contributed by atoms with Crippen molar-refractivity contribution in [2.24, 2.45) is 0 Å². The number of hydrogen-bond acceptors (Lipinski definition) is 0. The van der Waals surface area contributed by atoms with Gasteiger partial charge in [-0.15, -0.1) is 0 Å². The van der Waals surface area contributed by atoms with Crippen molar-refractivity contribution in [1.82, 2.24) is 0 Å². The molecule has 0 spiro atoms. The number of allylic oxidation sites excluding steroid dienone is 1. The summed E-state index contributed by atoms with van der Waals surface area (Å²) < 4.78 is 1.52. The van der Waals surface area contributed by atoms with Gasteiger partial charge in [-0.05, 0) is 0 Å². The van der Waals surface area contributed by atoms with Crippen LogP contribution in [0.2, 0.25) is 14.8 Å². The second-order valence-corrected chi connectivity index (χ2v) is 18.3. The molecule has 0 saturated carbocycles. The Morgan fingerprint density at radius 1 is 1.33 bits per heavy atom. The molecule has 0 aliphatic carbocycles. The van der Waals surface area contributed by atoms with Gasteiger partial charge in [-0.1, -0.05) is 0 Å². The van der Waals surface area contributed by atoms with Crippen LogP contribution in [0.4, 0.5) is 0 Å². The standard InChI is InChI=1S/C5H7.3CH3.Sn/c1-3-5-4-2;;;;/h3H,1-2H3;3*1H3;. The van der Waals surface area contributed by atoms with Gasteiger partial charge in [0.2, 0.25) is 0 Å². The summed E-state index contributed by atoms with van der Waals surface area (Å²) in [4.78, 5) is 7.21. The zero-order valence-electron chi connectivity index (χ0n) is 7.08. The van der Waals surface area contributed by atoms with Crippen LogP contribution in [0.5, 0.6) is 0 Å². The fourth-order valence-electron chi connectivity index (χ4n) is 0.433. The Labute approximate surface area is 62.5 Å². The minimum atomic E-state index is -1.67. The number of rotatable bonds is 1. The van der Waals surface area contributed by atoms with Crippen LogP contribution < -0.4 is 0 Å². The first-order valence-corrected chi connectivity index (χ1v) is 13.4. The Hall–Kier alpha value is 0.319. The van der Waals surface area contributed by atoms with Gasteiger partial charge in [0.05, 0.1) is 0 Å². The maximum atomic E-state index is 3.27. The van der Waals surface area contributed by atoms with E-state index >= 15 is 0 Å². The van der Waals surface area contributed by atoms with Crippen LogP contribution in [-0.2, 0) is 0 Å². The Balaban J connectivity index is 4.40. The molecule has 0 aromatic rings. The van der Waals surface area contributed by atoms with E-state index in [2.05, 4.69) is 27.5 Å².